The lowest BCUT2D eigenvalue weighted by molar-refractivity contribution is -0.137. The molecular formula is C13H19F3N2O2S. The van der Waals surface area contributed by atoms with E-state index < -0.39 is 21.8 Å². The number of sulfonamides is 1. The van der Waals surface area contributed by atoms with E-state index in [9.17, 15) is 21.6 Å². The summed E-state index contributed by atoms with van der Waals surface area (Å²) in [7, 11) is -3.60. The van der Waals surface area contributed by atoms with Gasteiger partial charge in [0, 0.05) is 6.54 Å². The Hall–Kier alpha value is -1.28. The molecule has 0 spiro atoms. The van der Waals surface area contributed by atoms with Crippen molar-refractivity contribution in [2.24, 2.45) is 11.7 Å². The van der Waals surface area contributed by atoms with Crippen molar-refractivity contribution in [2.45, 2.75) is 33.0 Å². The second kappa shape index (κ2) is 6.65. The third kappa shape index (κ3) is 5.55. The zero-order valence-corrected chi connectivity index (χ0v) is 12.7. The van der Waals surface area contributed by atoms with Gasteiger partial charge < -0.3 is 5.73 Å². The van der Waals surface area contributed by atoms with Crippen molar-refractivity contribution in [3.8, 4) is 0 Å². The van der Waals surface area contributed by atoms with Gasteiger partial charge in [-0.05, 0) is 36.1 Å². The van der Waals surface area contributed by atoms with Crippen LogP contribution < -0.4 is 10.5 Å². The van der Waals surface area contributed by atoms with Crippen molar-refractivity contribution in [2.75, 3.05) is 10.5 Å². The average molecular weight is 324 g/mol. The van der Waals surface area contributed by atoms with Crippen molar-refractivity contribution in [3.05, 3.63) is 29.3 Å². The SMILES string of the molecule is CC(C)CCS(=O)(=O)Nc1ccc(C(F)(F)F)cc1CN. The minimum Gasteiger partial charge on any atom is -0.326 e. The highest BCUT2D eigenvalue weighted by Crippen LogP contribution is 2.32. The number of hydrogen-bond donors (Lipinski definition) is 2. The van der Waals surface area contributed by atoms with Crippen molar-refractivity contribution in [3.63, 3.8) is 0 Å². The lowest BCUT2D eigenvalue weighted by Crippen LogP contribution is -2.19. The topological polar surface area (TPSA) is 72.2 Å². The van der Waals surface area contributed by atoms with Gasteiger partial charge in [-0.1, -0.05) is 13.8 Å². The van der Waals surface area contributed by atoms with Crippen LogP contribution in [0.25, 0.3) is 0 Å². The molecule has 0 aliphatic carbocycles. The van der Waals surface area contributed by atoms with Crippen molar-refractivity contribution < 1.29 is 21.6 Å². The first-order valence-electron chi connectivity index (χ1n) is 6.46. The molecule has 1 aromatic rings. The first-order chi connectivity index (χ1) is 9.55. The molecule has 3 N–H and O–H groups in total. The molecule has 120 valence electrons. The Morgan fingerprint density at radius 2 is 1.90 bits per heavy atom. The molecule has 0 heterocycles. The fourth-order valence-electron chi connectivity index (χ4n) is 1.65. The van der Waals surface area contributed by atoms with E-state index in [4.69, 9.17) is 5.73 Å². The largest absolute Gasteiger partial charge is 0.416 e. The lowest BCUT2D eigenvalue weighted by Gasteiger charge is -2.15. The van der Waals surface area contributed by atoms with Crippen LogP contribution >= 0.6 is 0 Å². The zero-order valence-electron chi connectivity index (χ0n) is 11.9. The van der Waals surface area contributed by atoms with Gasteiger partial charge in [0.2, 0.25) is 10.0 Å². The highest BCUT2D eigenvalue weighted by Gasteiger charge is 2.31. The molecule has 1 aromatic carbocycles. The van der Waals surface area contributed by atoms with Crippen LogP contribution in [0.2, 0.25) is 0 Å². The van der Waals surface area contributed by atoms with Gasteiger partial charge in [0.25, 0.3) is 0 Å². The highest BCUT2D eigenvalue weighted by atomic mass is 32.2. The van der Waals surface area contributed by atoms with E-state index in [1.54, 1.807) is 0 Å². The number of nitrogens with two attached hydrogens (primary N) is 1. The van der Waals surface area contributed by atoms with Crippen LogP contribution in [0.5, 0.6) is 0 Å². The second-order valence-corrected chi connectivity index (χ2v) is 7.02. The normalized spacial score (nSPS) is 12.7. The third-order valence-corrected chi connectivity index (χ3v) is 4.19. The third-order valence-electron chi connectivity index (χ3n) is 2.88. The fourth-order valence-corrected chi connectivity index (χ4v) is 3.07. The molecule has 4 nitrogen and oxygen atoms in total. The van der Waals surface area contributed by atoms with Crippen LogP contribution in [0.15, 0.2) is 18.2 Å². The quantitative estimate of drug-likeness (QED) is 0.845. The lowest BCUT2D eigenvalue weighted by atomic mass is 10.1. The Morgan fingerprint density at radius 1 is 1.29 bits per heavy atom. The maximum absolute atomic E-state index is 12.6. The number of alkyl halides is 3. The van der Waals surface area contributed by atoms with Crippen LogP contribution in [-0.4, -0.2) is 14.2 Å². The first-order valence-corrected chi connectivity index (χ1v) is 8.11. The molecular weight excluding hydrogens is 305 g/mol. The second-order valence-electron chi connectivity index (χ2n) is 5.18. The molecule has 21 heavy (non-hydrogen) atoms. The number of halogens is 3. The van der Waals surface area contributed by atoms with Gasteiger partial charge in [0.1, 0.15) is 0 Å². The van der Waals surface area contributed by atoms with E-state index in [1.165, 1.54) is 0 Å². The Labute approximate surface area is 122 Å². The zero-order chi connectivity index (χ0) is 16.3. The molecule has 0 saturated carbocycles. The monoisotopic (exact) mass is 324 g/mol. The molecule has 0 atom stereocenters. The maximum atomic E-state index is 12.6. The Bertz CT molecular complexity index is 584. The predicted molar refractivity (Wildman–Crippen MR) is 76.2 cm³/mol. The highest BCUT2D eigenvalue weighted by molar-refractivity contribution is 7.92. The fraction of sp³-hybridized carbons (Fsp3) is 0.538. The van der Waals surface area contributed by atoms with Crippen LogP contribution in [0.1, 0.15) is 31.4 Å². The van der Waals surface area contributed by atoms with E-state index >= 15 is 0 Å². The molecule has 0 bridgehead atoms. The summed E-state index contributed by atoms with van der Waals surface area (Å²) in [5, 5.41) is 0. The number of anilines is 1. The molecule has 1 rings (SSSR count). The first kappa shape index (κ1) is 17.8. The Morgan fingerprint density at radius 3 is 2.38 bits per heavy atom. The molecule has 0 saturated heterocycles. The number of benzene rings is 1. The summed E-state index contributed by atoms with van der Waals surface area (Å²) in [6, 6.07) is 2.79. The average Bonchev–Trinajstić information content (AvgIpc) is 2.35. The molecule has 0 aliphatic heterocycles. The molecule has 8 heteroatoms. The number of hydrogen-bond acceptors (Lipinski definition) is 3. The van der Waals surface area contributed by atoms with Gasteiger partial charge in [-0.3, -0.25) is 4.72 Å². The smallest absolute Gasteiger partial charge is 0.326 e. The minimum atomic E-state index is -4.49. The number of rotatable bonds is 6. The number of nitrogens with one attached hydrogen (secondary N) is 1. The van der Waals surface area contributed by atoms with Crippen molar-refractivity contribution in [1.29, 1.82) is 0 Å². The van der Waals surface area contributed by atoms with E-state index in [0.29, 0.717) is 6.42 Å². The molecule has 0 aliphatic rings. The maximum Gasteiger partial charge on any atom is 0.416 e. The summed E-state index contributed by atoms with van der Waals surface area (Å²) < 4.78 is 63.9. The van der Waals surface area contributed by atoms with E-state index in [2.05, 4.69) is 4.72 Å². The standard InChI is InChI=1S/C13H19F3N2O2S/c1-9(2)5-6-21(19,20)18-12-4-3-11(13(14,15)16)7-10(12)8-17/h3-4,7,9,18H,5-6,8,17H2,1-2H3. The summed E-state index contributed by atoms with van der Waals surface area (Å²) in [5.41, 5.74) is 4.75. The predicted octanol–water partition coefficient (Wildman–Crippen LogP) is 2.95. The molecule has 0 unspecified atom stereocenters. The summed E-state index contributed by atoms with van der Waals surface area (Å²) in [6.07, 6.45) is -4.02. The van der Waals surface area contributed by atoms with E-state index in [-0.39, 0.29) is 29.5 Å². The Balaban J connectivity index is 2.99. The van der Waals surface area contributed by atoms with Crippen molar-refractivity contribution >= 4 is 15.7 Å². The molecule has 0 fully saturated rings. The van der Waals surface area contributed by atoms with Gasteiger partial charge in [-0.15, -0.1) is 0 Å². The van der Waals surface area contributed by atoms with Gasteiger partial charge in [0.15, 0.2) is 0 Å². The van der Waals surface area contributed by atoms with Crippen molar-refractivity contribution in [1.82, 2.24) is 0 Å². The minimum absolute atomic E-state index is 0.0876. The van der Waals surface area contributed by atoms with Gasteiger partial charge in [-0.2, -0.15) is 13.2 Å². The van der Waals surface area contributed by atoms with Gasteiger partial charge in [-0.25, -0.2) is 8.42 Å². The van der Waals surface area contributed by atoms with E-state index in [0.717, 1.165) is 18.2 Å². The summed E-state index contributed by atoms with van der Waals surface area (Å²) in [6.45, 7) is 3.59. The van der Waals surface area contributed by atoms with Crippen LogP contribution in [0, 0.1) is 5.92 Å². The summed E-state index contributed by atoms with van der Waals surface area (Å²) in [4.78, 5) is 0. The van der Waals surface area contributed by atoms with Gasteiger partial charge >= 0.3 is 6.18 Å². The van der Waals surface area contributed by atoms with Gasteiger partial charge in [0.05, 0.1) is 17.0 Å². The molecule has 0 amide bonds. The summed E-state index contributed by atoms with van der Waals surface area (Å²) >= 11 is 0. The van der Waals surface area contributed by atoms with Crippen LogP contribution in [-0.2, 0) is 22.7 Å². The summed E-state index contributed by atoms with van der Waals surface area (Å²) in [5.74, 6) is 0.124. The molecule has 0 aromatic heterocycles. The Kier molecular flexibility index (Phi) is 5.63. The molecule has 0 radical (unpaired) electrons. The van der Waals surface area contributed by atoms with Crippen LogP contribution in [0.4, 0.5) is 18.9 Å². The van der Waals surface area contributed by atoms with E-state index in [1.807, 2.05) is 13.8 Å². The van der Waals surface area contributed by atoms with Crippen LogP contribution in [0.3, 0.4) is 0 Å².